The highest BCUT2D eigenvalue weighted by molar-refractivity contribution is 5.97. The topological polar surface area (TPSA) is 137 Å². The number of hydrogen-bond acceptors (Lipinski definition) is 6. The summed E-state index contributed by atoms with van der Waals surface area (Å²) in [4.78, 5) is 38.7. The van der Waals surface area contributed by atoms with Crippen molar-refractivity contribution < 1.29 is 24.6 Å². The quantitative estimate of drug-likeness (QED) is 0.673. The first-order valence-electron chi connectivity index (χ1n) is 10.1. The standard InChI is InChI=1S/C17H26N4O.2C2H4O2/c1-17(2)6-5-13(12-17)20-8-10-21(11-9-20)16-14(15(18)22)4-3-7-19-16;2*1-2(3)4/h3-4,7,13H,5-6,8-12H2,1-2H3,(H2,18,22);2*1H3,(H,3,4). The van der Waals surface area contributed by atoms with Crippen molar-refractivity contribution in [3.05, 3.63) is 23.9 Å². The van der Waals surface area contributed by atoms with Crippen LogP contribution in [0.5, 0.6) is 0 Å². The number of pyridine rings is 1. The van der Waals surface area contributed by atoms with E-state index >= 15 is 0 Å². The number of hydrogen-bond donors (Lipinski definition) is 3. The van der Waals surface area contributed by atoms with E-state index in [4.69, 9.17) is 25.5 Å². The van der Waals surface area contributed by atoms with Gasteiger partial charge < -0.3 is 20.8 Å². The molecule has 0 spiro atoms. The van der Waals surface area contributed by atoms with Crippen LogP contribution >= 0.6 is 0 Å². The second kappa shape index (κ2) is 11.5. The lowest BCUT2D eigenvalue weighted by atomic mass is 9.91. The number of carboxylic acids is 2. The van der Waals surface area contributed by atoms with E-state index in [0.29, 0.717) is 11.0 Å². The van der Waals surface area contributed by atoms with E-state index in [1.165, 1.54) is 19.3 Å². The number of nitrogens with zero attached hydrogens (tertiary/aromatic N) is 3. The first-order valence-corrected chi connectivity index (χ1v) is 10.1. The van der Waals surface area contributed by atoms with Crippen LogP contribution in [0, 0.1) is 5.41 Å². The van der Waals surface area contributed by atoms with Crippen molar-refractivity contribution in [2.45, 2.75) is 53.0 Å². The van der Waals surface area contributed by atoms with Gasteiger partial charge in [-0.3, -0.25) is 19.3 Å². The minimum absolute atomic E-state index is 0.400. The fraction of sp³-hybridized carbons (Fsp3) is 0.619. The molecule has 1 atom stereocenters. The van der Waals surface area contributed by atoms with E-state index in [2.05, 4.69) is 28.6 Å². The summed E-state index contributed by atoms with van der Waals surface area (Å²) < 4.78 is 0. The first kappa shape index (κ1) is 25.4. The summed E-state index contributed by atoms with van der Waals surface area (Å²) in [5, 5.41) is 14.8. The molecule has 1 aliphatic heterocycles. The monoisotopic (exact) mass is 422 g/mol. The average Bonchev–Trinajstić information content (AvgIpc) is 3.01. The van der Waals surface area contributed by atoms with Gasteiger partial charge in [0.1, 0.15) is 5.82 Å². The molecule has 1 unspecified atom stereocenters. The van der Waals surface area contributed by atoms with E-state index in [1.54, 1.807) is 18.3 Å². The van der Waals surface area contributed by atoms with Gasteiger partial charge in [0.05, 0.1) is 5.56 Å². The van der Waals surface area contributed by atoms with Crippen molar-refractivity contribution in [3.8, 4) is 0 Å². The van der Waals surface area contributed by atoms with Crippen LogP contribution in [0.15, 0.2) is 18.3 Å². The lowest BCUT2D eigenvalue weighted by Crippen LogP contribution is -2.50. The van der Waals surface area contributed by atoms with E-state index in [9.17, 15) is 4.79 Å². The van der Waals surface area contributed by atoms with Gasteiger partial charge in [-0.15, -0.1) is 0 Å². The summed E-state index contributed by atoms with van der Waals surface area (Å²) >= 11 is 0. The Morgan fingerprint density at radius 2 is 1.63 bits per heavy atom. The number of anilines is 1. The van der Waals surface area contributed by atoms with Crippen molar-refractivity contribution in [2.24, 2.45) is 11.1 Å². The maximum atomic E-state index is 11.6. The molecular formula is C21H34N4O5. The Labute approximate surface area is 177 Å². The van der Waals surface area contributed by atoms with Gasteiger partial charge in [-0.1, -0.05) is 13.8 Å². The molecule has 1 saturated heterocycles. The minimum atomic E-state index is -0.833. The van der Waals surface area contributed by atoms with Crippen LogP contribution in [0.4, 0.5) is 5.82 Å². The molecule has 1 aliphatic carbocycles. The maximum Gasteiger partial charge on any atom is 0.300 e. The molecule has 0 bridgehead atoms. The number of carbonyl (C=O) groups excluding carboxylic acids is 1. The van der Waals surface area contributed by atoms with Gasteiger partial charge in [-0.25, -0.2) is 4.98 Å². The Balaban J connectivity index is 0.000000485. The molecular weight excluding hydrogens is 388 g/mol. The molecule has 1 saturated carbocycles. The van der Waals surface area contributed by atoms with Crippen LogP contribution in [0.2, 0.25) is 0 Å². The Morgan fingerprint density at radius 1 is 1.10 bits per heavy atom. The second-order valence-corrected chi connectivity index (χ2v) is 8.36. The van der Waals surface area contributed by atoms with Gasteiger partial charge in [0.25, 0.3) is 17.8 Å². The Hall–Kier alpha value is -2.68. The molecule has 0 aromatic carbocycles. The summed E-state index contributed by atoms with van der Waals surface area (Å²) in [6.07, 6.45) is 5.66. The highest BCUT2D eigenvalue weighted by Gasteiger charge is 2.35. The van der Waals surface area contributed by atoms with Crippen molar-refractivity contribution >= 4 is 23.7 Å². The van der Waals surface area contributed by atoms with Gasteiger partial charge in [0, 0.05) is 52.3 Å². The van der Waals surface area contributed by atoms with Crippen LogP contribution in [0.25, 0.3) is 0 Å². The Bertz CT molecular complexity index is 710. The van der Waals surface area contributed by atoms with Gasteiger partial charge in [0.15, 0.2) is 0 Å². The first-order chi connectivity index (χ1) is 13.9. The van der Waals surface area contributed by atoms with E-state index in [-0.39, 0.29) is 0 Å². The fourth-order valence-electron chi connectivity index (χ4n) is 3.85. The van der Waals surface area contributed by atoms with Crippen LogP contribution < -0.4 is 10.6 Å². The van der Waals surface area contributed by atoms with Crippen molar-refractivity contribution in [1.29, 1.82) is 0 Å². The number of aliphatic carboxylic acids is 2. The maximum absolute atomic E-state index is 11.6. The van der Waals surface area contributed by atoms with E-state index in [1.807, 2.05) is 0 Å². The highest BCUT2D eigenvalue weighted by Crippen LogP contribution is 2.39. The van der Waals surface area contributed by atoms with Gasteiger partial charge in [0.2, 0.25) is 0 Å². The molecule has 2 aliphatic rings. The summed E-state index contributed by atoms with van der Waals surface area (Å²) in [6.45, 7) is 10.8. The zero-order valence-corrected chi connectivity index (χ0v) is 18.3. The van der Waals surface area contributed by atoms with Gasteiger partial charge >= 0.3 is 0 Å². The lowest BCUT2D eigenvalue weighted by molar-refractivity contribution is -0.135. The third-order valence-electron chi connectivity index (χ3n) is 5.12. The highest BCUT2D eigenvalue weighted by atomic mass is 16.4. The number of piperazine rings is 1. The number of carbonyl (C=O) groups is 3. The largest absolute Gasteiger partial charge is 0.481 e. The van der Waals surface area contributed by atoms with Crippen LogP contribution in [-0.4, -0.2) is 70.2 Å². The Kier molecular flexibility index (Phi) is 9.71. The number of aromatic nitrogens is 1. The predicted molar refractivity (Wildman–Crippen MR) is 115 cm³/mol. The summed E-state index contributed by atoms with van der Waals surface area (Å²) in [6, 6.07) is 4.24. The number of carboxylic acid groups (broad SMARTS) is 2. The normalized spacial score (nSPS) is 20.3. The SMILES string of the molecule is CC(=O)O.CC(=O)O.CC1(C)CCC(N2CCN(c3ncccc3C(N)=O)CC2)C1. The summed E-state index contributed by atoms with van der Waals surface area (Å²) in [7, 11) is 0. The minimum Gasteiger partial charge on any atom is -0.481 e. The molecule has 3 rings (SSSR count). The van der Waals surface area contributed by atoms with Crippen molar-refractivity contribution in [2.75, 3.05) is 31.1 Å². The molecule has 30 heavy (non-hydrogen) atoms. The zero-order chi connectivity index (χ0) is 22.9. The van der Waals surface area contributed by atoms with Crippen molar-refractivity contribution in [3.63, 3.8) is 0 Å². The molecule has 9 heteroatoms. The molecule has 1 aromatic heterocycles. The molecule has 4 N–H and O–H groups in total. The number of amides is 1. The summed E-state index contributed by atoms with van der Waals surface area (Å²) in [5.41, 5.74) is 6.48. The Morgan fingerprint density at radius 3 is 2.07 bits per heavy atom. The molecule has 2 fully saturated rings. The third-order valence-corrected chi connectivity index (χ3v) is 5.12. The summed E-state index contributed by atoms with van der Waals surface area (Å²) in [5.74, 6) is -1.33. The fourth-order valence-corrected chi connectivity index (χ4v) is 3.85. The van der Waals surface area contributed by atoms with Gasteiger partial charge in [-0.2, -0.15) is 0 Å². The number of nitrogens with two attached hydrogens (primary N) is 1. The average molecular weight is 423 g/mol. The number of rotatable bonds is 3. The molecule has 168 valence electrons. The van der Waals surface area contributed by atoms with Crippen molar-refractivity contribution in [1.82, 2.24) is 9.88 Å². The van der Waals surface area contributed by atoms with Crippen LogP contribution in [0.3, 0.4) is 0 Å². The number of primary amides is 1. The third kappa shape index (κ3) is 8.77. The van der Waals surface area contributed by atoms with E-state index < -0.39 is 17.8 Å². The van der Waals surface area contributed by atoms with Crippen LogP contribution in [0.1, 0.15) is 57.3 Å². The smallest absolute Gasteiger partial charge is 0.300 e. The lowest BCUT2D eigenvalue weighted by Gasteiger charge is -2.39. The molecule has 1 aromatic rings. The van der Waals surface area contributed by atoms with Crippen LogP contribution in [-0.2, 0) is 9.59 Å². The van der Waals surface area contributed by atoms with Gasteiger partial charge in [-0.05, 0) is 36.8 Å². The zero-order valence-electron chi connectivity index (χ0n) is 18.3. The second-order valence-electron chi connectivity index (χ2n) is 8.36. The molecule has 2 heterocycles. The molecule has 1 amide bonds. The molecule has 9 nitrogen and oxygen atoms in total. The predicted octanol–water partition coefficient (Wildman–Crippen LogP) is 2.06. The molecule has 0 radical (unpaired) electrons. The van der Waals surface area contributed by atoms with E-state index in [0.717, 1.165) is 51.9 Å².